The molecule has 5 N–H and O–H groups in total. The minimum absolute atomic E-state index is 0.0791. The molecular formula is C27H44N4O6. The van der Waals surface area contributed by atoms with Crippen LogP contribution in [0.2, 0.25) is 0 Å². The second-order valence-electron chi connectivity index (χ2n) is 10.3. The van der Waals surface area contributed by atoms with Crippen molar-refractivity contribution in [2.24, 2.45) is 5.73 Å². The number of carbonyl (C=O) groups excluding carboxylic acids is 4. The van der Waals surface area contributed by atoms with Crippen molar-refractivity contribution in [3.8, 4) is 5.75 Å². The predicted molar refractivity (Wildman–Crippen MR) is 142 cm³/mol. The third-order valence-electron chi connectivity index (χ3n) is 5.91. The second-order valence-corrected chi connectivity index (χ2v) is 10.3. The molecule has 0 fully saturated rings. The molecule has 4 amide bonds. The van der Waals surface area contributed by atoms with Crippen molar-refractivity contribution in [1.82, 2.24) is 15.5 Å². The van der Waals surface area contributed by atoms with Crippen LogP contribution in [0.15, 0.2) is 18.2 Å². The van der Waals surface area contributed by atoms with Gasteiger partial charge in [-0.1, -0.05) is 38.5 Å². The molecule has 3 unspecified atom stereocenters. The number of phenols is 1. The largest absolute Gasteiger partial charge is 0.507 e. The quantitative estimate of drug-likeness (QED) is 0.293. The fourth-order valence-electron chi connectivity index (χ4n) is 3.77. The lowest BCUT2D eigenvalue weighted by Crippen LogP contribution is -2.55. The summed E-state index contributed by atoms with van der Waals surface area (Å²) in [6.07, 6.45) is 1.03. The first-order valence-electron chi connectivity index (χ1n) is 12.9. The van der Waals surface area contributed by atoms with E-state index in [4.69, 9.17) is 10.5 Å². The van der Waals surface area contributed by atoms with Gasteiger partial charge in [-0.3, -0.25) is 14.4 Å². The van der Waals surface area contributed by atoms with E-state index in [0.29, 0.717) is 18.5 Å². The molecule has 10 heteroatoms. The van der Waals surface area contributed by atoms with Gasteiger partial charge in [-0.2, -0.15) is 0 Å². The number of hydrogen-bond acceptors (Lipinski definition) is 6. The molecule has 1 aromatic rings. The van der Waals surface area contributed by atoms with Crippen molar-refractivity contribution in [3.05, 3.63) is 29.3 Å². The first-order valence-corrected chi connectivity index (χ1v) is 12.9. The Bertz CT molecular complexity index is 943. The third-order valence-corrected chi connectivity index (χ3v) is 5.91. The molecule has 0 saturated carbocycles. The molecule has 0 saturated heterocycles. The number of nitrogens with two attached hydrogens (primary N) is 1. The van der Waals surface area contributed by atoms with Crippen molar-refractivity contribution in [3.63, 3.8) is 0 Å². The van der Waals surface area contributed by atoms with Gasteiger partial charge in [0.2, 0.25) is 17.7 Å². The Labute approximate surface area is 220 Å². The molecule has 0 heterocycles. The molecule has 0 aliphatic heterocycles. The number of alkyl carbamates (subject to hydrolysis) is 1. The van der Waals surface area contributed by atoms with Gasteiger partial charge in [0.05, 0.1) is 0 Å². The van der Waals surface area contributed by atoms with E-state index >= 15 is 0 Å². The number of primary amides is 1. The van der Waals surface area contributed by atoms with Gasteiger partial charge in [-0.15, -0.1) is 0 Å². The summed E-state index contributed by atoms with van der Waals surface area (Å²) in [6, 6.07) is 2.21. The van der Waals surface area contributed by atoms with Crippen LogP contribution in [-0.2, 0) is 19.1 Å². The van der Waals surface area contributed by atoms with Crippen molar-refractivity contribution in [2.75, 3.05) is 6.54 Å². The number of hydrogen-bond donors (Lipinski definition) is 4. The van der Waals surface area contributed by atoms with Gasteiger partial charge in [0, 0.05) is 24.6 Å². The van der Waals surface area contributed by atoms with Crippen LogP contribution < -0.4 is 16.4 Å². The molecule has 0 spiro atoms. The number of amides is 4. The Hall–Kier alpha value is -3.30. The van der Waals surface area contributed by atoms with Crippen LogP contribution in [0.5, 0.6) is 5.75 Å². The lowest BCUT2D eigenvalue weighted by Gasteiger charge is -2.38. The van der Waals surface area contributed by atoms with E-state index in [1.165, 1.54) is 4.90 Å². The standard InChI is InChI=1S/C27H44N4O6/c1-8-10-16-29-24(34)22(19-13-11-12-17(3)23(19)33)31(18(4)9-2)25(35)20(14-15-21(28)32)30-26(36)37-27(5,6)7/h11-13,18,20,22,33H,8-10,14-16H2,1-7H3,(H2,28,32)(H,29,34)(H,30,36). The highest BCUT2D eigenvalue weighted by molar-refractivity contribution is 5.93. The maximum absolute atomic E-state index is 14.0. The molecule has 3 atom stereocenters. The van der Waals surface area contributed by atoms with Gasteiger partial charge >= 0.3 is 6.09 Å². The maximum atomic E-state index is 14.0. The van der Waals surface area contributed by atoms with Crippen molar-refractivity contribution in [1.29, 1.82) is 0 Å². The summed E-state index contributed by atoms with van der Waals surface area (Å²) in [4.78, 5) is 53.1. The van der Waals surface area contributed by atoms with Gasteiger partial charge in [-0.05, 0) is 59.4 Å². The Morgan fingerprint density at radius 1 is 1.16 bits per heavy atom. The molecule has 0 radical (unpaired) electrons. The van der Waals surface area contributed by atoms with Crippen LogP contribution in [0.1, 0.15) is 90.8 Å². The molecule has 1 aromatic carbocycles. The number of para-hydroxylation sites is 1. The molecule has 1 rings (SSSR count). The highest BCUT2D eigenvalue weighted by Gasteiger charge is 2.39. The van der Waals surface area contributed by atoms with Gasteiger partial charge in [0.15, 0.2) is 0 Å². The minimum atomic E-state index is -1.19. The minimum Gasteiger partial charge on any atom is -0.507 e. The number of carbonyl (C=O) groups is 4. The van der Waals surface area contributed by atoms with Crippen molar-refractivity contribution < 1.29 is 29.0 Å². The highest BCUT2D eigenvalue weighted by Crippen LogP contribution is 2.34. The van der Waals surface area contributed by atoms with E-state index in [1.807, 2.05) is 13.8 Å². The summed E-state index contributed by atoms with van der Waals surface area (Å²) >= 11 is 0. The Kier molecular flexibility index (Phi) is 12.4. The zero-order chi connectivity index (χ0) is 28.3. The normalized spacial score (nSPS) is 13.7. The summed E-state index contributed by atoms with van der Waals surface area (Å²) < 4.78 is 5.33. The van der Waals surface area contributed by atoms with E-state index in [-0.39, 0.29) is 24.2 Å². The first kappa shape index (κ1) is 31.7. The predicted octanol–water partition coefficient (Wildman–Crippen LogP) is 3.44. The average Bonchev–Trinajstić information content (AvgIpc) is 2.80. The number of ether oxygens (including phenoxy) is 1. The van der Waals surface area contributed by atoms with E-state index in [2.05, 4.69) is 10.6 Å². The summed E-state index contributed by atoms with van der Waals surface area (Å²) in [7, 11) is 0. The van der Waals surface area contributed by atoms with E-state index < -0.39 is 47.5 Å². The van der Waals surface area contributed by atoms with Crippen LogP contribution in [0, 0.1) is 6.92 Å². The Morgan fingerprint density at radius 3 is 2.35 bits per heavy atom. The van der Waals surface area contributed by atoms with Gasteiger partial charge in [-0.25, -0.2) is 4.79 Å². The number of unbranched alkanes of at least 4 members (excludes halogenated alkanes) is 1. The SMILES string of the molecule is CCCCNC(=O)C(c1cccc(C)c1O)N(C(=O)C(CCC(N)=O)NC(=O)OC(C)(C)C)C(C)CC. The summed E-state index contributed by atoms with van der Waals surface area (Å²) in [5, 5.41) is 16.3. The van der Waals surface area contributed by atoms with E-state index in [9.17, 15) is 24.3 Å². The number of nitrogens with one attached hydrogen (secondary N) is 2. The molecule has 0 bridgehead atoms. The molecule has 0 aromatic heterocycles. The van der Waals surface area contributed by atoms with E-state index in [1.54, 1.807) is 52.8 Å². The van der Waals surface area contributed by atoms with Crippen LogP contribution in [-0.4, -0.2) is 58.1 Å². The van der Waals surface area contributed by atoms with Gasteiger partial charge < -0.3 is 31.1 Å². The lowest BCUT2D eigenvalue weighted by molar-refractivity contribution is -0.145. The molecular weight excluding hydrogens is 476 g/mol. The molecule has 208 valence electrons. The second kappa shape index (κ2) is 14.4. The van der Waals surface area contributed by atoms with Crippen molar-refractivity contribution >= 4 is 23.8 Å². The number of aryl methyl sites for hydroxylation is 1. The monoisotopic (exact) mass is 520 g/mol. The summed E-state index contributed by atoms with van der Waals surface area (Å²) in [5.41, 5.74) is 5.35. The number of benzene rings is 1. The number of rotatable bonds is 13. The number of phenolic OH excluding ortho intramolecular Hbond substituents is 1. The van der Waals surface area contributed by atoms with Crippen molar-refractivity contribution in [2.45, 2.75) is 104 Å². The molecule has 37 heavy (non-hydrogen) atoms. The molecule has 0 aliphatic carbocycles. The molecule has 10 nitrogen and oxygen atoms in total. The zero-order valence-electron chi connectivity index (χ0n) is 23.2. The number of aromatic hydroxyl groups is 1. The highest BCUT2D eigenvalue weighted by atomic mass is 16.6. The lowest BCUT2D eigenvalue weighted by atomic mass is 9.96. The maximum Gasteiger partial charge on any atom is 0.408 e. The summed E-state index contributed by atoms with van der Waals surface area (Å²) in [5.74, 6) is -1.76. The van der Waals surface area contributed by atoms with Gasteiger partial charge in [0.1, 0.15) is 23.4 Å². The fourth-order valence-corrected chi connectivity index (χ4v) is 3.77. The van der Waals surface area contributed by atoms with Crippen LogP contribution >= 0.6 is 0 Å². The van der Waals surface area contributed by atoms with Crippen LogP contribution in [0.3, 0.4) is 0 Å². The fraction of sp³-hybridized carbons (Fsp3) is 0.630. The van der Waals surface area contributed by atoms with Crippen LogP contribution in [0.25, 0.3) is 0 Å². The van der Waals surface area contributed by atoms with Crippen LogP contribution in [0.4, 0.5) is 4.79 Å². The zero-order valence-corrected chi connectivity index (χ0v) is 23.2. The van der Waals surface area contributed by atoms with E-state index in [0.717, 1.165) is 12.8 Å². The summed E-state index contributed by atoms with van der Waals surface area (Å²) in [6.45, 7) is 12.8. The smallest absolute Gasteiger partial charge is 0.408 e. The Balaban J connectivity index is 3.58. The Morgan fingerprint density at radius 2 is 1.81 bits per heavy atom. The van der Waals surface area contributed by atoms with Gasteiger partial charge in [0.25, 0.3) is 0 Å². The molecule has 0 aliphatic rings. The first-order chi connectivity index (χ1) is 17.2. The number of nitrogens with zero attached hydrogens (tertiary/aromatic N) is 1. The third kappa shape index (κ3) is 9.93. The topological polar surface area (TPSA) is 151 Å². The average molecular weight is 521 g/mol.